The van der Waals surface area contributed by atoms with Gasteiger partial charge in [-0.3, -0.25) is 4.79 Å². The second-order valence-corrected chi connectivity index (χ2v) is 13.8. The molecule has 1 heterocycles. The first kappa shape index (κ1) is 32.8. The standard InChI is InChI=1S/C42H48O5/c1-29(2)37-21-20-30(3)22-40(37)46-42-39(26-34-17-11-19-36(24-34)45-28-32-14-8-5-9-15-32)38(41(43)47-42)25-33-16-10-18-35(23-33)44-27-31-12-6-4-7-13-31/h4-19,23-24,29-30,37-40,42H,20-22,25-28H2,1-3H3/t30-,37+,38-,39-,40-,42-/m1/s1. The second-order valence-electron chi connectivity index (χ2n) is 13.8. The highest BCUT2D eigenvalue weighted by molar-refractivity contribution is 5.75. The Hall–Kier alpha value is -4.09. The quantitative estimate of drug-likeness (QED) is 0.138. The zero-order valence-electron chi connectivity index (χ0n) is 27.9. The van der Waals surface area contributed by atoms with Gasteiger partial charge in [0.2, 0.25) is 6.29 Å². The highest BCUT2D eigenvalue weighted by atomic mass is 16.7. The predicted molar refractivity (Wildman–Crippen MR) is 185 cm³/mol. The molecule has 2 fully saturated rings. The molecule has 0 radical (unpaired) electrons. The molecule has 4 aromatic rings. The summed E-state index contributed by atoms with van der Waals surface area (Å²) in [6.45, 7) is 7.87. The Bertz CT molecular complexity index is 1570. The Morgan fingerprint density at radius 1 is 0.702 bits per heavy atom. The van der Waals surface area contributed by atoms with Crippen LogP contribution in [-0.2, 0) is 40.3 Å². The van der Waals surface area contributed by atoms with Crippen molar-refractivity contribution in [1.82, 2.24) is 0 Å². The van der Waals surface area contributed by atoms with Crippen LogP contribution in [0, 0.1) is 29.6 Å². The molecule has 2 aliphatic rings. The van der Waals surface area contributed by atoms with E-state index in [0.717, 1.165) is 46.6 Å². The highest BCUT2D eigenvalue weighted by Gasteiger charge is 2.47. The van der Waals surface area contributed by atoms with Crippen molar-refractivity contribution in [3.05, 3.63) is 131 Å². The molecular weight excluding hydrogens is 584 g/mol. The van der Waals surface area contributed by atoms with Crippen molar-refractivity contribution < 1.29 is 23.7 Å². The molecular formula is C42H48O5. The normalized spacial score (nSPS) is 24.2. The number of rotatable bonds is 13. The lowest BCUT2D eigenvalue weighted by Crippen LogP contribution is -2.39. The lowest BCUT2D eigenvalue weighted by Gasteiger charge is -2.39. The van der Waals surface area contributed by atoms with E-state index < -0.39 is 6.29 Å². The van der Waals surface area contributed by atoms with Crippen molar-refractivity contribution in [1.29, 1.82) is 0 Å². The zero-order valence-corrected chi connectivity index (χ0v) is 27.9. The second kappa shape index (κ2) is 15.7. The van der Waals surface area contributed by atoms with Gasteiger partial charge in [-0.25, -0.2) is 0 Å². The molecule has 47 heavy (non-hydrogen) atoms. The van der Waals surface area contributed by atoms with Crippen molar-refractivity contribution in [2.24, 2.45) is 29.6 Å². The number of ether oxygens (including phenoxy) is 4. The van der Waals surface area contributed by atoms with Crippen LogP contribution in [0.5, 0.6) is 11.5 Å². The summed E-state index contributed by atoms with van der Waals surface area (Å²) in [6.07, 6.45) is 4.07. The molecule has 0 spiro atoms. The summed E-state index contributed by atoms with van der Waals surface area (Å²) in [5.74, 6) is 2.52. The summed E-state index contributed by atoms with van der Waals surface area (Å²) in [5.41, 5.74) is 4.39. The van der Waals surface area contributed by atoms with Gasteiger partial charge < -0.3 is 18.9 Å². The van der Waals surface area contributed by atoms with Crippen molar-refractivity contribution in [2.75, 3.05) is 0 Å². The number of benzene rings is 4. The molecule has 1 aliphatic heterocycles. The number of carbonyl (C=O) groups excluding carboxylic acids is 1. The van der Waals surface area contributed by atoms with E-state index in [1.165, 1.54) is 6.42 Å². The molecule has 1 saturated heterocycles. The SMILES string of the molecule is CC(C)[C@@H]1CC[C@@H](C)C[C@H]1O[C@@H]1OC(=O)[C@H](Cc2cccc(OCc3ccccc3)c2)[C@H]1Cc1cccc(OCc2ccccc2)c1. The van der Waals surface area contributed by atoms with Crippen LogP contribution in [0.2, 0.25) is 0 Å². The summed E-state index contributed by atoms with van der Waals surface area (Å²) in [5, 5.41) is 0. The fourth-order valence-corrected chi connectivity index (χ4v) is 7.23. The molecule has 0 unspecified atom stereocenters. The van der Waals surface area contributed by atoms with Crippen LogP contribution in [0.4, 0.5) is 0 Å². The fraction of sp³-hybridized carbons (Fsp3) is 0.405. The van der Waals surface area contributed by atoms with Crippen LogP contribution in [0.3, 0.4) is 0 Å². The van der Waals surface area contributed by atoms with E-state index in [2.05, 4.69) is 69.3 Å². The molecule has 1 aliphatic carbocycles. The minimum atomic E-state index is -0.588. The van der Waals surface area contributed by atoms with Crippen molar-refractivity contribution in [3.8, 4) is 11.5 Å². The highest BCUT2D eigenvalue weighted by Crippen LogP contribution is 2.41. The zero-order chi connectivity index (χ0) is 32.6. The Balaban J connectivity index is 1.21. The Kier molecular flexibility index (Phi) is 10.9. The number of hydrogen-bond acceptors (Lipinski definition) is 5. The van der Waals surface area contributed by atoms with Gasteiger partial charge in [0.25, 0.3) is 0 Å². The third kappa shape index (κ3) is 8.84. The maximum atomic E-state index is 13.7. The number of carbonyl (C=O) groups is 1. The molecule has 1 saturated carbocycles. The molecule has 5 nitrogen and oxygen atoms in total. The maximum Gasteiger partial charge on any atom is 0.312 e. The number of hydrogen-bond donors (Lipinski definition) is 0. The summed E-state index contributed by atoms with van der Waals surface area (Å²) < 4.78 is 25.3. The largest absolute Gasteiger partial charge is 0.489 e. The minimum Gasteiger partial charge on any atom is -0.489 e. The van der Waals surface area contributed by atoms with Gasteiger partial charge in [0.05, 0.1) is 12.0 Å². The number of esters is 1. The van der Waals surface area contributed by atoms with Gasteiger partial charge >= 0.3 is 5.97 Å². The first-order valence-electron chi connectivity index (χ1n) is 17.3. The fourth-order valence-electron chi connectivity index (χ4n) is 7.23. The lowest BCUT2D eigenvalue weighted by molar-refractivity contribution is -0.195. The summed E-state index contributed by atoms with van der Waals surface area (Å²) in [6, 6.07) is 36.7. The van der Waals surface area contributed by atoms with Crippen molar-refractivity contribution in [3.63, 3.8) is 0 Å². The smallest absolute Gasteiger partial charge is 0.312 e. The summed E-state index contributed by atoms with van der Waals surface area (Å²) >= 11 is 0. The van der Waals surface area contributed by atoms with Crippen LogP contribution in [0.25, 0.3) is 0 Å². The van der Waals surface area contributed by atoms with Crippen LogP contribution in [0.1, 0.15) is 62.3 Å². The topological polar surface area (TPSA) is 54.0 Å². The molecule has 0 N–H and O–H groups in total. The Labute approximate surface area is 280 Å². The molecule has 6 rings (SSSR count). The van der Waals surface area contributed by atoms with Gasteiger partial charge in [-0.2, -0.15) is 0 Å². The van der Waals surface area contributed by atoms with E-state index in [4.69, 9.17) is 18.9 Å². The van der Waals surface area contributed by atoms with Crippen LogP contribution in [-0.4, -0.2) is 18.4 Å². The molecule has 5 heteroatoms. The minimum absolute atomic E-state index is 0.0769. The van der Waals surface area contributed by atoms with E-state index in [9.17, 15) is 4.79 Å². The van der Waals surface area contributed by atoms with E-state index in [0.29, 0.717) is 43.8 Å². The molecule has 246 valence electrons. The van der Waals surface area contributed by atoms with Gasteiger partial charge in [0, 0.05) is 5.92 Å². The number of cyclic esters (lactones) is 1. The average Bonchev–Trinajstić information content (AvgIpc) is 3.36. The van der Waals surface area contributed by atoms with E-state index >= 15 is 0 Å². The Morgan fingerprint density at radius 2 is 1.26 bits per heavy atom. The maximum absolute atomic E-state index is 13.7. The van der Waals surface area contributed by atoms with Gasteiger partial charge in [0.1, 0.15) is 24.7 Å². The van der Waals surface area contributed by atoms with Gasteiger partial charge in [-0.05, 0) is 90.0 Å². The molecule has 0 amide bonds. The van der Waals surface area contributed by atoms with Crippen LogP contribution < -0.4 is 9.47 Å². The van der Waals surface area contributed by atoms with Gasteiger partial charge in [-0.1, -0.05) is 112 Å². The lowest BCUT2D eigenvalue weighted by atomic mass is 9.75. The van der Waals surface area contributed by atoms with Gasteiger partial charge in [0.15, 0.2) is 0 Å². The van der Waals surface area contributed by atoms with Crippen LogP contribution in [0.15, 0.2) is 109 Å². The first-order chi connectivity index (χ1) is 22.9. The average molecular weight is 633 g/mol. The monoisotopic (exact) mass is 632 g/mol. The molecule has 6 atom stereocenters. The Morgan fingerprint density at radius 3 is 1.83 bits per heavy atom. The molecule has 0 aromatic heterocycles. The summed E-state index contributed by atoms with van der Waals surface area (Å²) in [7, 11) is 0. The van der Waals surface area contributed by atoms with Crippen molar-refractivity contribution in [2.45, 2.75) is 78.5 Å². The van der Waals surface area contributed by atoms with E-state index in [1.807, 2.05) is 60.7 Å². The third-order valence-electron chi connectivity index (χ3n) is 9.89. The van der Waals surface area contributed by atoms with E-state index in [1.54, 1.807) is 0 Å². The third-order valence-corrected chi connectivity index (χ3v) is 9.89. The summed E-state index contributed by atoms with van der Waals surface area (Å²) in [4.78, 5) is 13.7. The van der Waals surface area contributed by atoms with Gasteiger partial charge in [-0.15, -0.1) is 0 Å². The predicted octanol–water partition coefficient (Wildman–Crippen LogP) is 9.22. The van der Waals surface area contributed by atoms with E-state index in [-0.39, 0.29) is 23.9 Å². The molecule has 0 bridgehead atoms. The first-order valence-corrected chi connectivity index (χ1v) is 17.3. The van der Waals surface area contributed by atoms with Crippen molar-refractivity contribution >= 4 is 5.97 Å². The molecule has 4 aromatic carbocycles. The van der Waals surface area contributed by atoms with Crippen LogP contribution >= 0.6 is 0 Å².